The van der Waals surface area contributed by atoms with Crippen molar-refractivity contribution in [1.82, 2.24) is 10.2 Å². The second-order valence-electron chi connectivity index (χ2n) is 5.92. The molecule has 1 aromatic rings. The van der Waals surface area contributed by atoms with Crippen LogP contribution in [0.1, 0.15) is 24.8 Å². The standard InChI is InChI=1S/C17H26N2O3/c1-19-8-6-13(7-9-19)11-17(20)18-12-14-4-5-15(21-2)16(10-14)22-3/h4-5,10,13H,6-9,11-12H2,1-3H3,(H,18,20). The fraction of sp³-hybridized carbons (Fsp3) is 0.588. The van der Waals surface area contributed by atoms with Gasteiger partial charge in [0.2, 0.25) is 5.91 Å². The zero-order valence-electron chi connectivity index (χ0n) is 13.7. The van der Waals surface area contributed by atoms with Crippen molar-refractivity contribution >= 4 is 5.91 Å². The summed E-state index contributed by atoms with van der Waals surface area (Å²) in [5.74, 6) is 2.03. The van der Waals surface area contributed by atoms with Crippen molar-refractivity contribution in [3.05, 3.63) is 23.8 Å². The minimum absolute atomic E-state index is 0.129. The summed E-state index contributed by atoms with van der Waals surface area (Å²) in [5.41, 5.74) is 1.01. The maximum atomic E-state index is 12.1. The lowest BCUT2D eigenvalue weighted by Gasteiger charge is -2.28. The van der Waals surface area contributed by atoms with Gasteiger partial charge in [-0.3, -0.25) is 4.79 Å². The number of benzene rings is 1. The highest BCUT2D eigenvalue weighted by atomic mass is 16.5. The molecule has 0 aromatic heterocycles. The van der Waals surface area contributed by atoms with E-state index in [2.05, 4.69) is 17.3 Å². The number of nitrogens with one attached hydrogen (secondary N) is 1. The predicted molar refractivity (Wildman–Crippen MR) is 86.2 cm³/mol. The highest BCUT2D eigenvalue weighted by molar-refractivity contribution is 5.76. The SMILES string of the molecule is COc1ccc(CNC(=O)CC2CCN(C)CC2)cc1OC. The zero-order valence-corrected chi connectivity index (χ0v) is 13.7. The van der Waals surface area contributed by atoms with Crippen molar-refractivity contribution in [2.24, 2.45) is 5.92 Å². The first-order chi connectivity index (χ1) is 10.6. The topological polar surface area (TPSA) is 50.8 Å². The van der Waals surface area contributed by atoms with Gasteiger partial charge in [-0.05, 0) is 56.6 Å². The molecule has 1 N–H and O–H groups in total. The van der Waals surface area contributed by atoms with Crippen LogP contribution in [-0.4, -0.2) is 45.2 Å². The number of hydrogen-bond donors (Lipinski definition) is 1. The van der Waals surface area contributed by atoms with Crippen molar-refractivity contribution in [2.45, 2.75) is 25.8 Å². The molecule has 0 unspecified atom stereocenters. The highest BCUT2D eigenvalue weighted by Crippen LogP contribution is 2.27. The van der Waals surface area contributed by atoms with Crippen molar-refractivity contribution < 1.29 is 14.3 Å². The number of methoxy groups -OCH3 is 2. The normalized spacial score (nSPS) is 16.3. The molecule has 1 saturated heterocycles. The Hall–Kier alpha value is -1.75. The summed E-state index contributed by atoms with van der Waals surface area (Å²) in [5, 5.41) is 3.00. The molecule has 1 aliphatic heterocycles. The average molecular weight is 306 g/mol. The lowest BCUT2D eigenvalue weighted by atomic mass is 9.93. The number of carbonyl (C=O) groups excluding carboxylic acids is 1. The maximum absolute atomic E-state index is 12.1. The van der Waals surface area contributed by atoms with Crippen molar-refractivity contribution in [3.8, 4) is 11.5 Å². The molecule has 1 aromatic carbocycles. The third-order valence-electron chi connectivity index (χ3n) is 4.25. The fourth-order valence-electron chi connectivity index (χ4n) is 2.79. The molecule has 22 heavy (non-hydrogen) atoms. The van der Waals surface area contributed by atoms with Gasteiger partial charge in [-0.2, -0.15) is 0 Å². The summed E-state index contributed by atoms with van der Waals surface area (Å²) < 4.78 is 10.5. The Labute approximate surface area is 132 Å². The second-order valence-corrected chi connectivity index (χ2v) is 5.92. The van der Waals surface area contributed by atoms with Crippen LogP contribution in [0.15, 0.2) is 18.2 Å². The van der Waals surface area contributed by atoms with Gasteiger partial charge in [0.25, 0.3) is 0 Å². The molecule has 122 valence electrons. The minimum atomic E-state index is 0.129. The van der Waals surface area contributed by atoms with Gasteiger partial charge in [-0.25, -0.2) is 0 Å². The molecule has 0 atom stereocenters. The number of nitrogens with zero attached hydrogens (tertiary/aromatic N) is 1. The molecule has 1 heterocycles. The van der Waals surface area contributed by atoms with Crippen LogP contribution in [0.2, 0.25) is 0 Å². The summed E-state index contributed by atoms with van der Waals surface area (Å²) in [6.07, 6.45) is 2.85. The van der Waals surface area contributed by atoms with E-state index in [0.717, 1.165) is 31.5 Å². The number of likely N-dealkylation sites (tertiary alicyclic amines) is 1. The van der Waals surface area contributed by atoms with E-state index in [1.807, 2.05) is 18.2 Å². The Bertz CT molecular complexity index is 497. The van der Waals surface area contributed by atoms with Crippen LogP contribution in [0.5, 0.6) is 11.5 Å². The number of carbonyl (C=O) groups is 1. The van der Waals surface area contributed by atoms with E-state index < -0.39 is 0 Å². The Kier molecular flexibility index (Phi) is 6.07. The molecule has 0 saturated carbocycles. The van der Waals surface area contributed by atoms with E-state index in [4.69, 9.17) is 9.47 Å². The lowest BCUT2D eigenvalue weighted by Crippen LogP contribution is -2.33. The predicted octanol–water partition coefficient (Wildman–Crippen LogP) is 2.05. The third kappa shape index (κ3) is 4.63. The van der Waals surface area contributed by atoms with Gasteiger partial charge in [0.1, 0.15) is 0 Å². The summed E-state index contributed by atoms with van der Waals surface area (Å²) >= 11 is 0. The van der Waals surface area contributed by atoms with E-state index in [9.17, 15) is 4.79 Å². The average Bonchev–Trinajstić information content (AvgIpc) is 2.54. The Morgan fingerprint density at radius 3 is 2.55 bits per heavy atom. The lowest BCUT2D eigenvalue weighted by molar-refractivity contribution is -0.122. The maximum Gasteiger partial charge on any atom is 0.220 e. The van der Waals surface area contributed by atoms with Crippen LogP contribution in [0.25, 0.3) is 0 Å². The molecule has 1 fully saturated rings. The first-order valence-electron chi connectivity index (χ1n) is 7.78. The van der Waals surface area contributed by atoms with Gasteiger partial charge >= 0.3 is 0 Å². The third-order valence-corrected chi connectivity index (χ3v) is 4.25. The van der Waals surface area contributed by atoms with E-state index in [1.165, 1.54) is 0 Å². The molecule has 1 amide bonds. The Balaban J connectivity index is 1.81. The van der Waals surface area contributed by atoms with E-state index in [1.54, 1.807) is 14.2 Å². The van der Waals surface area contributed by atoms with Crippen LogP contribution in [0.4, 0.5) is 0 Å². The van der Waals surface area contributed by atoms with Gasteiger partial charge in [0.15, 0.2) is 11.5 Å². The fourth-order valence-corrected chi connectivity index (χ4v) is 2.79. The molecule has 5 heteroatoms. The molecule has 0 aliphatic carbocycles. The smallest absolute Gasteiger partial charge is 0.220 e. The molecular weight excluding hydrogens is 280 g/mol. The number of ether oxygens (including phenoxy) is 2. The monoisotopic (exact) mass is 306 g/mol. The molecular formula is C17H26N2O3. The Morgan fingerprint density at radius 2 is 1.91 bits per heavy atom. The second kappa shape index (κ2) is 8.03. The molecule has 0 radical (unpaired) electrons. The minimum Gasteiger partial charge on any atom is -0.493 e. The van der Waals surface area contributed by atoms with Gasteiger partial charge in [-0.15, -0.1) is 0 Å². The van der Waals surface area contributed by atoms with Gasteiger partial charge in [-0.1, -0.05) is 6.07 Å². The van der Waals surface area contributed by atoms with Gasteiger partial charge in [0, 0.05) is 13.0 Å². The van der Waals surface area contributed by atoms with E-state index >= 15 is 0 Å². The molecule has 5 nitrogen and oxygen atoms in total. The number of amides is 1. The van der Waals surface area contributed by atoms with Crippen LogP contribution in [0, 0.1) is 5.92 Å². The highest BCUT2D eigenvalue weighted by Gasteiger charge is 2.19. The van der Waals surface area contributed by atoms with Crippen LogP contribution < -0.4 is 14.8 Å². The van der Waals surface area contributed by atoms with E-state index in [-0.39, 0.29) is 5.91 Å². The van der Waals surface area contributed by atoms with E-state index in [0.29, 0.717) is 30.4 Å². The molecule has 1 aliphatic rings. The first kappa shape index (κ1) is 16.6. The Morgan fingerprint density at radius 1 is 1.23 bits per heavy atom. The van der Waals surface area contributed by atoms with Gasteiger partial charge < -0.3 is 19.7 Å². The van der Waals surface area contributed by atoms with Crippen LogP contribution >= 0.6 is 0 Å². The van der Waals surface area contributed by atoms with Crippen LogP contribution in [-0.2, 0) is 11.3 Å². The van der Waals surface area contributed by atoms with Crippen LogP contribution in [0.3, 0.4) is 0 Å². The molecule has 0 bridgehead atoms. The zero-order chi connectivity index (χ0) is 15.9. The molecule has 2 rings (SSSR count). The summed E-state index contributed by atoms with van der Waals surface area (Å²) in [6.45, 7) is 2.70. The van der Waals surface area contributed by atoms with Crippen molar-refractivity contribution in [2.75, 3.05) is 34.4 Å². The summed E-state index contributed by atoms with van der Waals surface area (Å²) in [7, 11) is 5.36. The first-order valence-corrected chi connectivity index (χ1v) is 7.78. The summed E-state index contributed by atoms with van der Waals surface area (Å²) in [4.78, 5) is 14.4. The summed E-state index contributed by atoms with van der Waals surface area (Å²) in [6, 6.07) is 5.70. The molecule has 0 spiro atoms. The number of piperidine rings is 1. The number of rotatable bonds is 6. The van der Waals surface area contributed by atoms with Crippen molar-refractivity contribution in [1.29, 1.82) is 0 Å². The van der Waals surface area contributed by atoms with Crippen molar-refractivity contribution in [3.63, 3.8) is 0 Å². The largest absolute Gasteiger partial charge is 0.493 e. The quantitative estimate of drug-likeness (QED) is 0.874. The van der Waals surface area contributed by atoms with Gasteiger partial charge in [0.05, 0.1) is 14.2 Å². The number of hydrogen-bond acceptors (Lipinski definition) is 4.